The van der Waals surface area contributed by atoms with E-state index in [-0.39, 0.29) is 25.7 Å². The first kappa shape index (κ1) is 9.42. The van der Waals surface area contributed by atoms with Crippen molar-refractivity contribution < 1.29 is 24.3 Å². The second-order valence-electron chi connectivity index (χ2n) is 3.87. The van der Waals surface area contributed by atoms with Gasteiger partial charge < -0.3 is 0 Å². The molecule has 5 heteroatoms. The Bertz CT molecular complexity index is 514. The molecule has 0 saturated heterocycles. The van der Waals surface area contributed by atoms with E-state index in [4.69, 9.17) is 5.48 Å². The van der Waals surface area contributed by atoms with E-state index >= 15 is 0 Å². The fourth-order valence-electron chi connectivity index (χ4n) is 1.51. The summed E-state index contributed by atoms with van der Waals surface area (Å²) in [7, 11) is 0. The van der Waals surface area contributed by atoms with Crippen molar-refractivity contribution in [3.63, 3.8) is 0 Å². The van der Waals surface area contributed by atoms with Gasteiger partial charge in [0.2, 0.25) is 17.6 Å². The van der Waals surface area contributed by atoms with Gasteiger partial charge in [-0.15, -0.1) is 0 Å². The molecule has 100 valence electrons. The zero-order chi connectivity index (χ0) is 17.1. The number of halogens is 1. The van der Waals surface area contributed by atoms with E-state index in [1.807, 2.05) is 0 Å². The number of nitrogens with zero attached hydrogens (tertiary/aromatic N) is 1. The highest BCUT2D eigenvalue weighted by Gasteiger charge is 2.29. The van der Waals surface area contributed by atoms with Crippen LogP contribution in [0.4, 0.5) is 4.39 Å². The lowest BCUT2D eigenvalue weighted by Crippen LogP contribution is -2.37. The second-order valence-corrected chi connectivity index (χ2v) is 3.87. The van der Waals surface area contributed by atoms with Crippen molar-refractivity contribution in [3.8, 4) is 0 Å². The van der Waals surface area contributed by atoms with Crippen LogP contribution in [0.15, 0.2) is 12.0 Å². The van der Waals surface area contributed by atoms with Crippen LogP contribution in [0.5, 0.6) is 0 Å². The monoisotopic (exact) mass is 259 g/mol. The smallest absolute Gasteiger partial charge is 0.241 e. The summed E-state index contributed by atoms with van der Waals surface area (Å²) >= 11 is 0. The van der Waals surface area contributed by atoms with Gasteiger partial charge in [-0.2, -0.15) is 0 Å². The summed E-state index contributed by atoms with van der Waals surface area (Å²) < 4.78 is 43.0. The molecule has 0 aromatic rings. The fraction of sp³-hybridized carbons (Fsp3) is 0.615. The summed E-state index contributed by atoms with van der Waals surface area (Å²) in [6.07, 6.45) is -3.79. The van der Waals surface area contributed by atoms with Crippen LogP contribution in [0, 0.1) is 0 Å². The molecule has 0 bridgehead atoms. The Hall–Kier alpha value is -1.52. The lowest BCUT2D eigenvalue weighted by atomic mass is 10.1. The molecule has 0 fully saturated rings. The molecule has 0 unspecified atom stereocenters. The van der Waals surface area contributed by atoms with Crippen molar-refractivity contribution in [1.82, 2.24) is 4.90 Å². The molecule has 0 saturated carbocycles. The van der Waals surface area contributed by atoms with E-state index in [9.17, 15) is 18.8 Å². The zero-order valence-electron chi connectivity index (χ0n) is 14.2. The molecule has 4 nitrogen and oxygen atoms in total. The Morgan fingerprint density at radius 2 is 2.17 bits per heavy atom. The number of unbranched alkanes of at least 4 members (excludes halogenated alkanes) is 1. The fourth-order valence-corrected chi connectivity index (χ4v) is 1.51. The molecule has 1 aliphatic rings. The maximum atomic E-state index is 13.1. The predicted molar refractivity (Wildman–Crippen MR) is 64.0 cm³/mol. The number of amides is 2. The van der Waals surface area contributed by atoms with Gasteiger partial charge in [0, 0.05) is 11.9 Å². The molecule has 1 aliphatic heterocycles. The standard InChI is InChI=1S/C13H18FNO3/c1-2-3-4-5-6-7-12(17)15-9-10(14)11(16)8-13(15)18/h9H,2-8H2,1H3/i2D2,3D2. The van der Waals surface area contributed by atoms with Crippen molar-refractivity contribution in [2.24, 2.45) is 0 Å². The lowest BCUT2D eigenvalue weighted by molar-refractivity contribution is -0.143. The SMILES string of the molecule is [2H]C([2H])(C)C([2H])([2H])CCCCC(=O)N1C=C(F)C(=O)CC1=O. The Labute approximate surface area is 111 Å². The first-order chi connectivity index (χ1) is 9.95. The van der Waals surface area contributed by atoms with Crippen LogP contribution in [-0.4, -0.2) is 22.5 Å². The van der Waals surface area contributed by atoms with Gasteiger partial charge in [0.05, 0.1) is 12.6 Å². The van der Waals surface area contributed by atoms with Crippen molar-refractivity contribution in [3.05, 3.63) is 12.0 Å². The molecule has 0 radical (unpaired) electrons. The molecule has 0 aromatic carbocycles. The highest BCUT2D eigenvalue weighted by molar-refractivity contribution is 6.13. The number of ketones is 1. The summed E-state index contributed by atoms with van der Waals surface area (Å²) in [5.74, 6) is -3.53. The van der Waals surface area contributed by atoms with Gasteiger partial charge in [0.1, 0.15) is 0 Å². The first-order valence-electron chi connectivity index (χ1n) is 7.71. The van der Waals surface area contributed by atoms with Gasteiger partial charge in [0.25, 0.3) is 0 Å². The molecule has 1 heterocycles. The third-order valence-corrected chi connectivity index (χ3v) is 2.48. The molecule has 0 aromatic heterocycles. The van der Waals surface area contributed by atoms with Crippen LogP contribution >= 0.6 is 0 Å². The third kappa shape index (κ3) is 4.05. The molecule has 0 spiro atoms. The number of Topliss-reactive ketones (excluding diaryl/α,β-unsaturated/α-hetero) is 1. The lowest BCUT2D eigenvalue weighted by Gasteiger charge is -2.19. The van der Waals surface area contributed by atoms with Crippen LogP contribution in [0.25, 0.3) is 0 Å². The van der Waals surface area contributed by atoms with Crippen LogP contribution in [0.2, 0.25) is 0 Å². The summed E-state index contributed by atoms with van der Waals surface area (Å²) in [5, 5.41) is 0. The van der Waals surface area contributed by atoms with Gasteiger partial charge >= 0.3 is 0 Å². The molecule has 2 amide bonds. The van der Waals surface area contributed by atoms with Crippen molar-refractivity contribution in [2.45, 2.75) is 51.8 Å². The number of imide groups is 1. The minimum atomic E-state index is -2.02. The largest absolute Gasteiger partial charge is 0.291 e. The Morgan fingerprint density at radius 3 is 2.83 bits per heavy atom. The number of hydrogen-bond acceptors (Lipinski definition) is 3. The normalized spacial score (nSPS) is 20.8. The summed E-state index contributed by atoms with van der Waals surface area (Å²) in [6, 6.07) is 0. The van der Waals surface area contributed by atoms with Crippen LogP contribution in [-0.2, 0) is 14.4 Å². The molecule has 0 N–H and O–H groups in total. The minimum Gasteiger partial charge on any atom is -0.291 e. The molecular formula is C13H18FNO3. The Balaban J connectivity index is 2.48. The second kappa shape index (κ2) is 7.03. The highest BCUT2D eigenvalue weighted by atomic mass is 19.1. The summed E-state index contributed by atoms with van der Waals surface area (Å²) in [4.78, 5) is 34.8. The zero-order valence-corrected chi connectivity index (χ0v) is 10.2. The Kier molecular flexibility index (Phi) is 3.68. The van der Waals surface area contributed by atoms with Gasteiger partial charge in [0.15, 0.2) is 5.83 Å². The maximum absolute atomic E-state index is 13.1. The van der Waals surface area contributed by atoms with E-state index < -0.39 is 42.6 Å². The van der Waals surface area contributed by atoms with E-state index in [1.165, 1.54) is 0 Å². The van der Waals surface area contributed by atoms with Crippen LogP contribution in [0.1, 0.15) is 57.3 Å². The quantitative estimate of drug-likeness (QED) is 0.544. The third-order valence-electron chi connectivity index (χ3n) is 2.48. The van der Waals surface area contributed by atoms with Crippen LogP contribution < -0.4 is 0 Å². The van der Waals surface area contributed by atoms with Gasteiger partial charge in [-0.3, -0.25) is 19.3 Å². The topological polar surface area (TPSA) is 54.5 Å². The van der Waals surface area contributed by atoms with Crippen LogP contribution in [0.3, 0.4) is 0 Å². The number of hydrogen-bond donors (Lipinski definition) is 0. The average molecular weight is 259 g/mol. The maximum Gasteiger partial charge on any atom is 0.241 e. The average Bonchev–Trinajstić information content (AvgIpc) is 2.37. The highest BCUT2D eigenvalue weighted by Crippen LogP contribution is 2.16. The minimum absolute atomic E-state index is 0.0690. The Morgan fingerprint density at radius 1 is 1.44 bits per heavy atom. The predicted octanol–water partition coefficient (Wildman–Crippen LogP) is 2.49. The van der Waals surface area contributed by atoms with E-state index in [0.29, 0.717) is 11.1 Å². The molecule has 1 rings (SSSR count). The number of allylic oxidation sites excluding steroid dienone is 1. The summed E-state index contributed by atoms with van der Waals surface area (Å²) in [6.45, 7) is 1.15. The molecule has 18 heavy (non-hydrogen) atoms. The van der Waals surface area contributed by atoms with E-state index in [0.717, 1.165) is 6.92 Å². The van der Waals surface area contributed by atoms with E-state index in [1.54, 1.807) is 0 Å². The molecular weight excluding hydrogens is 237 g/mol. The number of rotatable bonds is 6. The van der Waals surface area contributed by atoms with Gasteiger partial charge in [-0.05, 0) is 6.42 Å². The number of carbonyl (C=O) groups is 3. The van der Waals surface area contributed by atoms with E-state index in [2.05, 4.69) is 0 Å². The summed E-state index contributed by atoms with van der Waals surface area (Å²) in [5.41, 5.74) is 0. The van der Waals surface area contributed by atoms with Crippen molar-refractivity contribution in [1.29, 1.82) is 0 Å². The number of carbonyl (C=O) groups excluding carboxylic acids is 3. The van der Waals surface area contributed by atoms with Crippen molar-refractivity contribution in [2.75, 3.05) is 0 Å². The molecule has 0 aliphatic carbocycles. The van der Waals surface area contributed by atoms with Crippen molar-refractivity contribution >= 4 is 17.6 Å². The molecule has 0 atom stereocenters. The first-order valence-corrected chi connectivity index (χ1v) is 5.71. The van der Waals surface area contributed by atoms with Gasteiger partial charge in [-0.1, -0.05) is 32.5 Å². The van der Waals surface area contributed by atoms with Gasteiger partial charge in [-0.25, -0.2) is 4.39 Å².